The molecule has 0 unspecified atom stereocenters. The molecule has 34 heavy (non-hydrogen) atoms. The summed E-state index contributed by atoms with van der Waals surface area (Å²) in [7, 11) is -4.23. The van der Waals surface area contributed by atoms with Crippen molar-refractivity contribution in [2.45, 2.75) is 24.6 Å². The van der Waals surface area contributed by atoms with Gasteiger partial charge < -0.3 is 10.3 Å². The van der Waals surface area contributed by atoms with Crippen molar-refractivity contribution in [1.82, 2.24) is 9.97 Å². The highest BCUT2D eigenvalue weighted by Gasteiger charge is 2.31. The van der Waals surface area contributed by atoms with E-state index in [2.05, 4.69) is 15.3 Å². The Bertz CT molecular complexity index is 1580. The lowest BCUT2D eigenvalue weighted by molar-refractivity contribution is -0.114. The Morgan fingerprint density at radius 2 is 1.97 bits per heavy atom. The average Bonchev–Trinajstić information content (AvgIpc) is 3.12. The van der Waals surface area contributed by atoms with Crippen LogP contribution in [0.4, 0.5) is 15.2 Å². The Morgan fingerprint density at radius 3 is 2.68 bits per heavy atom. The smallest absolute Gasteiger partial charge is 0.276 e. The Morgan fingerprint density at radius 1 is 1.24 bits per heavy atom. The number of carbonyl (C=O) groups excluding carboxylic acids is 1. The molecule has 0 fully saturated rings. The van der Waals surface area contributed by atoms with Crippen LogP contribution >= 0.6 is 22.9 Å². The molecule has 8 nitrogen and oxygen atoms in total. The molecule has 0 bridgehead atoms. The SMILES string of the molecule is CC(=O)Nc1nc(C)c(S(=O)(=O)N(Cc2cc(=O)[nH]c3c(F)cccc23)c2cccc(Cl)c2)s1. The first-order chi connectivity index (χ1) is 16.1. The summed E-state index contributed by atoms with van der Waals surface area (Å²) >= 11 is 6.95. The van der Waals surface area contributed by atoms with E-state index in [1.807, 2.05) is 0 Å². The van der Waals surface area contributed by atoms with Gasteiger partial charge in [-0.25, -0.2) is 17.8 Å². The molecule has 2 N–H and O–H groups in total. The van der Waals surface area contributed by atoms with Crippen LogP contribution in [0.1, 0.15) is 18.2 Å². The lowest BCUT2D eigenvalue weighted by atomic mass is 10.1. The van der Waals surface area contributed by atoms with E-state index in [0.717, 1.165) is 15.6 Å². The average molecular weight is 521 g/mol. The van der Waals surface area contributed by atoms with Crippen LogP contribution in [0, 0.1) is 12.7 Å². The Balaban J connectivity index is 1.90. The number of aryl methyl sites for hydroxylation is 1. The number of hydrogen-bond donors (Lipinski definition) is 2. The zero-order valence-corrected chi connectivity index (χ0v) is 20.3. The number of amides is 1. The summed E-state index contributed by atoms with van der Waals surface area (Å²) in [5, 5.41) is 3.30. The number of rotatable bonds is 6. The number of nitrogens with zero attached hydrogens (tertiary/aromatic N) is 2. The van der Waals surface area contributed by atoms with Gasteiger partial charge in [-0.15, -0.1) is 0 Å². The minimum atomic E-state index is -4.23. The second-order valence-corrected chi connectivity index (χ2v) is 10.9. The maximum absolute atomic E-state index is 14.4. The zero-order valence-electron chi connectivity index (χ0n) is 17.9. The van der Waals surface area contributed by atoms with Crippen molar-refractivity contribution in [1.29, 1.82) is 0 Å². The number of sulfonamides is 1. The fourth-order valence-electron chi connectivity index (χ4n) is 3.47. The van der Waals surface area contributed by atoms with Gasteiger partial charge in [0.05, 0.1) is 23.4 Å². The second kappa shape index (κ2) is 9.16. The summed E-state index contributed by atoms with van der Waals surface area (Å²) in [4.78, 5) is 30.3. The summed E-state index contributed by atoms with van der Waals surface area (Å²) in [6.45, 7) is 2.53. The molecule has 176 valence electrons. The van der Waals surface area contributed by atoms with Crippen LogP contribution in [-0.4, -0.2) is 24.3 Å². The molecule has 0 atom stereocenters. The van der Waals surface area contributed by atoms with E-state index in [9.17, 15) is 22.4 Å². The number of thiazole rings is 1. The standard InChI is InChI=1S/C22H18ClFN4O4S2/c1-12-21(33-22(25-12)26-13(2)29)34(31,32)28(16-6-3-5-15(23)10-16)11-14-9-19(30)27-20-17(14)7-4-8-18(20)24/h3-10H,11H2,1-2H3,(H,27,30)(H,25,26,29). The number of H-pyrrole nitrogens is 1. The van der Waals surface area contributed by atoms with Gasteiger partial charge >= 0.3 is 0 Å². The van der Waals surface area contributed by atoms with Crippen molar-refractivity contribution in [3.8, 4) is 0 Å². The summed E-state index contributed by atoms with van der Waals surface area (Å²) in [5.74, 6) is -1.02. The molecule has 2 aromatic heterocycles. The van der Waals surface area contributed by atoms with Gasteiger partial charge in [0.15, 0.2) is 9.34 Å². The molecular weight excluding hydrogens is 503 g/mol. The number of benzene rings is 2. The minimum absolute atomic E-state index is 0.0182. The molecule has 0 aliphatic heterocycles. The van der Waals surface area contributed by atoms with E-state index in [-0.39, 0.29) is 38.7 Å². The van der Waals surface area contributed by atoms with Crippen molar-refractivity contribution in [2.24, 2.45) is 0 Å². The minimum Gasteiger partial charge on any atom is -0.319 e. The highest BCUT2D eigenvalue weighted by atomic mass is 35.5. The highest BCUT2D eigenvalue weighted by Crippen LogP contribution is 2.35. The number of para-hydroxylation sites is 1. The second-order valence-electron chi connectivity index (χ2n) is 7.39. The first kappa shape index (κ1) is 23.9. The fourth-order valence-corrected chi connectivity index (χ4v) is 6.65. The maximum Gasteiger partial charge on any atom is 0.276 e. The van der Waals surface area contributed by atoms with E-state index in [4.69, 9.17) is 11.6 Å². The number of anilines is 2. The number of pyridine rings is 1. The van der Waals surface area contributed by atoms with E-state index < -0.39 is 21.4 Å². The summed E-state index contributed by atoms with van der Waals surface area (Å²) in [6.07, 6.45) is 0. The lowest BCUT2D eigenvalue weighted by Crippen LogP contribution is -2.31. The molecular formula is C22H18ClFN4O4S2. The molecule has 12 heteroatoms. The zero-order chi connectivity index (χ0) is 24.6. The van der Waals surface area contributed by atoms with Crippen molar-refractivity contribution < 1.29 is 17.6 Å². The van der Waals surface area contributed by atoms with Gasteiger partial charge in [0, 0.05) is 23.4 Å². The maximum atomic E-state index is 14.4. The molecule has 0 radical (unpaired) electrons. The largest absolute Gasteiger partial charge is 0.319 e. The van der Waals surface area contributed by atoms with Crippen LogP contribution in [0.3, 0.4) is 0 Å². The van der Waals surface area contributed by atoms with E-state index in [0.29, 0.717) is 16.0 Å². The van der Waals surface area contributed by atoms with Crippen molar-refractivity contribution >= 4 is 60.6 Å². The molecule has 1 amide bonds. The first-order valence-electron chi connectivity index (χ1n) is 9.90. The van der Waals surface area contributed by atoms with Crippen LogP contribution in [0.2, 0.25) is 5.02 Å². The van der Waals surface area contributed by atoms with Crippen LogP contribution in [0.5, 0.6) is 0 Å². The molecule has 0 spiro atoms. The van der Waals surface area contributed by atoms with Gasteiger partial charge in [0.25, 0.3) is 10.0 Å². The van der Waals surface area contributed by atoms with Gasteiger partial charge in [-0.3, -0.25) is 13.9 Å². The molecule has 2 heterocycles. The Hall–Kier alpha value is -3.28. The Kier molecular flexibility index (Phi) is 6.43. The molecule has 0 saturated carbocycles. The molecule has 0 saturated heterocycles. The molecule has 4 rings (SSSR count). The fraction of sp³-hybridized carbons (Fsp3) is 0.136. The van der Waals surface area contributed by atoms with Crippen LogP contribution < -0.4 is 15.2 Å². The van der Waals surface area contributed by atoms with Crippen molar-refractivity contribution in [3.05, 3.63) is 81.0 Å². The third kappa shape index (κ3) is 4.67. The topological polar surface area (TPSA) is 112 Å². The highest BCUT2D eigenvalue weighted by molar-refractivity contribution is 7.94. The van der Waals surface area contributed by atoms with Crippen LogP contribution in [-0.2, 0) is 21.4 Å². The molecule has 0 aliphatic rings. The predicted octanol–water partition coefficient (Wildman–Crippen LogP) is 4.44. The Labute approximate surface area is 203 Å². The van der Waals surface area contributed by atoms with Gasteiger partial charge in [0.1, 0.15) is 5.82 Å². The van der Waals surface area contributed by atoms with Crippen molar-refractivity contribution in [3.63, 3.8) is 0 Å². The summed E-state index contributed by atoms with van der Waals surface area (Å²) in [5.41, 5.74) is 0.146. The lowest BCUT2D eigenvalue weighted by Gasteiger charge is -2.25. The number of nitrogens with one attached hydrogen (secondary N) is 2. The van der Waals surface area contributed by atoms with Gasteiger partial charge in [0.2, 0.25) is 11.5 Å². The van der Waals surface area contributed by atoms with Gasteiger partial charge in [-0.2, -0.15) is 0 Å². The number of halogens is 2. The summed E-state index contributed by atoms with van der Waals surface area (Å²) in [6, 6.07) is 11.7. The van der Waals surface area contributed by atoms with Crippen LogP contribution in [0.15, 0.2) is 57.5 Å². The summed E-state index contributed by atoms with van der Waals surface area (Å²) < 4.78 is 43.0. The van der Waals surface area contributed by atoms with E-state index in [1.165, 1.54) is 38.1 Å². The number of aromatic amines is 1. The number of carbonyl (C=O) groups is 1. The van der Waals surface area contributed by atoms with Gasteiger partial charge in [-0.05, 0) is 36.8 Å². The van der Waals surface area contributed by atoms with Crippen molar-refractivity contribution in [2.75, 3.05) is 9.62 Å². The molecule has 0 aliphatic carbocycles. The van der Waals surface area contributed by atoms with E-state index >= 15 is 0 Å². The normalized spacial score (nSPS) is 11.5. The molecule has 2 aromatic carbocycles. The quantitative estimate of drug-likeness (QED) is 0.390. The van der Waals surface area contributed by atoms with E-state index in [1.54, 1.807) is 24.3 Å². The van der Waals surface area contributed by atoms with Crippen LogP contribution in [0.25, 0.3) is 10.9 Å². The number of fused-ring (bicyclic) bond motifs is 1. The monoisotopic (exact) mass is 520 g/mol. The first-order valence-corrected chi connectivity index (χ1v) is 12.5. The third-order valence-corrected chi connectivity index (χ3v) is 8.55. The molecule has 4 aromatic rings. The number of hydrogen-bond acceptors (Lipinski definition) is 6. The number of aromatic nitrogens is 2. The third-order valence-electron chi connectivity index (χ3n) is 4.88. The predicted molar refractivity (Wildman–Crippen MR) is 131 cm³/mol. The van der Waals surface area contributed by atoms with Gasteiger partial charge in [-0.1, -0.05) is 41.1 Å².